The lowest BCUT2D eigenvalue weighted by molar-refractivity contribution is -0.136. The topological polar surface area (TPSA) is 94.6 Å². The van der Waals surface area contributed by atoms with Crippen molar-refractivity contribution in [1.29, 1.82) is 0 Å². The van der Waals surface area contributed by atoms with Gasteiger partial charge < -0.3 is 20.2 Å². The Hall–Kier alpha value is -2.55. The number of carbonyl (C=O) groups excluding carboxylic acids is 1. The molecule has 6 nitrogen and oxygen atoms in total. The van der Waals surface area contributed by atoms with Crippen LogP contribution in [0.5, 0.6) is 5.75 Å². The number of alkyl halides is 3. The Bertz CT molecular complexity index is 925. The van der Waals surface area contributed by atoms with Gasteiger partial charge in [0.1, 0.15) is 11.3 Å². The van der Waals surface area contributed by atoms with Crippen LogP contribution in [0.1, 0.15) is 56.6 Å². The summed E-state index contributed by atoms with van der Waals surface area (Å²) in [6.45, 7) is 2.90. The molecule has 0 saturated heterocycles. The Morgan fingerprint density at radius 2 is 1.87 bits per heavy atom. The summed E-state index contributed by atoms with van der Waals surface area (Å²) in [5.41, 5.74) is 3.62. The van der Waals surface area contributed by atoms with E-state index in [-0.39, 0.29) is 23.4 Å². The summed E-state index contributed by atoms with van der Waals surface area (Å²) >= 11 is 0. The Balaban J connectivity index is 1.97. The minimum atomic E-state index is -4.65. The van der Waals surface area contributed by atoms with E-state index in [1.54, 1.807) is 0 Å². The molecule has 0 atom stereocenters. The van der Waals surface area contributed by atoms with Crippen LogP contribution in [-0.4, -0.2) is 25.6 Å². The smallest absolute Gasteiger partial charge is 0.417 e. The van der Waals surface area contributed by atoms with Crippen molar-refractivity contribution < 1.29 is 27.1 Å². The number of hydrogen-bond acceptors (Lipinski definition) is 5. The first kappa shape index (κ1) is 24.7. The summed E-state index contributed by atoms with van der Waals surface area (Å²) in [5, 5.41) is 2.58. The average Bonchev–Trinajstić information content (AvgIpc) is 2.72. The summed E-state index contributed by atoms with van der Waals surface area (Å²) in [7, 11) is 0. The van der Waals surface area contributed by atoms with E-state index >= 15 is 0 Å². The van der Waals surface area contributed by atoms with Gasteiger partial charge in [0.05, 0.1) is 18.7 Å². The van der Waals surface area contributed by atoms with Crippen LogP contribution in [-0.2, 0) is 17.4 Å². The Labute approximate surface area is 178 Å². The summed E-state index contributed by atoms with van der Waals surface area (Å²) in [4.78, 5) is 22.8. The fourth-order valence-electron chi connectivity index (χ4n) is 3.36. The SMILES string of the molecule is CCCc1c(OCCCCCCCNC(=O)CN)ccc2c(C(F)(F)F)cc(=O)oc12. The molecule has 1 aromatic carbocycles. The Kier molecular flexibility index (Phi) is 9.36. The van der Waals surface area contributed by atoms with Gasteiger partial charge in [-0.1, -0.05) is 32.6 Å². The van der Waals surface area contributed by atoms with Crippen molar-refractivity contribution >= 4 is 16.9 Å². The number of rotatable bonds is 12. The zero-order chi connectivity index (χ0) is 22.9. The maximum absolute atomic E-state index is 13.3. The third-order valence-corrected chi connectivity index (χ3v) is 4.86. The molecule has 0 saturated carbocycles. The van der Waals surface area contributed by atoms with Crippen molar-refractivity contribution in [2.24, 2.45) is 5.73 Å². The van der Waals surface area contributed by atoms with Gasteiger partial charge in [-0.2, -0.15) is 13.2 Å². The van der Waals surface area contributed by atoms with E-state index in [0.29, 0.717) is 43.4 Å². The van der Waals surface area contributed by atoms with Gasteiger partial charge in [-0.05, 0) is 31.4 Å². The molecule has 0 fully saturated rings. The molecule has 172 valence electrons. The number of amides is 1. The van der Waals surface area contributed by atoms with Crippen molar-refractivity contribution in [2.45, 2.75) is 58.0 Å². The minimum Gasteiger partial charge on any atom is -0.493 e. The summed E-state index contributed by atoms with van der Waals surface area (Å²) < 4.78 is 51.0. The van der Waals surface area contributed by atoms with Crippen molar-refractivity contribution in [3.8, 4) is 5.75 Å². The predicted molar refractivity (Wildman–Crippen MR) is 112 cm³/mol. The Morgan fingerprint density at radius 1 is 1.16 bits per heavy atom. The van der Waals surface area contributed by atoms with Crippen molar-refractivity contribution in [2.75, 3.05) is 19.7 Å². The molecular weight excluding hydrogens is 413 g/mol. The first-order chi connectivity index (χ1) is 14.8. The van der Waals surface area contributed by atoms with E-state index in [2.05, 4.69) is 5.32 Å². The maximum Gasteiger partial charge on any atom is 0.417 e. The quantitative estimate of drug-likeness (QED) is 0.380. The molecule has 0 bridgehead atoms. The van der Waals surface area contributed by atoms with Crippen molar-refractivity contribution in [3.63, 3.8) is 0 Å². The molecule has 9 heteroatoms. The molecule has 0 unspecified atom stereocenters. The van der Waals surface area contributed by atoms with E-state index in [4.69, 9.17) is 14.9 Å². The number of unbranched alkanes of at least 4 members (excludes halogenated alkanes) is 4. The standard InChI is InChI=1S/C22H29F3N2O4/c1-2-8-16-18(30-12-7-5-3-4-6-11-27-19(28)14-26)10-9-15-17(22(23,24)25)13-20(29)31-21(15)16/h9-10,13H,2-8,11-12,14,26H2,1H3,(H,27,28). The molecular formula is C22H29F3N2O4. The second-order valence-electron chi connectivity index (χ2n) is 7.32. The molecule has 3 N–H and O–H groups in total. The predicted octanol–water partition coefficient (Wildman–Crippen LogP) is 4.17. The third-order valence-electron chi connectivity index (χ3n) is 4.86. The number of nitrogens with one attached hydrogen (secondary N) is 1. The third kappa shape index (κ3) is 7.27. The lowest BCUT2D eigenvalue weighted by Gasteiger charge is -2.15. The second-order valence-corrected chi connectivity index (χ2v) is 7.32. The normalized spacial score (nSPS) is 11.6. The number of hydrogen-bond donors (Lipinski definition) is 2. The summed E-state index contributed by atoms with van der Waals surface area (Å²) in [5.74, 6) is 0.283. The fourth-order valence-corrected chi connectivity index (χ4v) is 3.36. The van der Waals surface area contributed by atoms with Gasteiger partial charge in [0, 0.05) is 23.6 Å². The molecule has 2 rings (SSSR count). The van der Waals surface area contributed by atoms with Crippen LogP contribution < -0.4 is 21.4 Å². The second kappa shape index (κ2) is 11.7. The van der Waals surface area contributed by atoms with E-state index in [0.717, 1.165) is 32.1 Å². The molecule has 0 aliphatic carbocycles. The molecule has 0 aliphatic rings. The van der Waals surface area contributed by atoms with E-state index in [9.17, 15) is 22.8 Å². The highest BCUT2D eigenvalue weighted by molar-refractivity contribution is 5.85. The van der Waals surface area contributed by atoms with E-state index in [1.165, 1.54) is 12.1 Å². The van der Waals surface area contributed by atoms with Gasteiger partial charge in [-0.25, -0.2) is 4.79 Å². The largest absolute Gasteiger partial charge is 0.493 e. The van der Waals surface area contributed by atoms with Gasteiger partial charge in [0.2, 0.25) is 5.91 Å². The summed E-state index contributed by atoms with van der Waals surface area (Å²) in [6.07, 6.45) is 0.978. The number of nitrogens with two attached hydrogens (primary N) is 1. The van der Waals surface area contributed by atoms with Crippen LogP contribution in [0.15, 0.2) is 27.4 Å². The van der Waals surface area contributed by atoms with Crippen LogP contribution in [0.25, 0.3) is 11.0 Å². The number of aryl methyl sites for hydroxylation is 1. The number of ether oxygens (including phenoxy) is 1. The zero-order valence-electron chi connectivity index (χ0n) is 17.6. The highest BCUT2D eigenvalue weighted by atomic mass is 19.4. The van der Waals surface area contributed by atoms with Crippen LogP contribution in [0, 0.1) is 0 Å². The monoisotopic (exact) mass is 442 g/mol. The number of fused-ring (bicyclic) bond motifs is 1. The molecule has 1 amide bonds. The van der Waals surface area contributed by atoms with E-state index in [1.807, 2.05) is 6.92 Å². The zero-order valence-corrected chi connectivity index (χ0v) is 17.6. The van der Waals surface area contributed by atoms with Crippen molar-refractivity contribution in [1.82, 2.24) is 5.32 Å². The van der Waals surface area contributed by atoms with Crippen molar-refractivity contribution in [3.05, 3.63) is 39.7 Å². The van der Waals surface area contributed by atoms with Gasteiger partial charge in [-0.3, -0.25) is 4.79 Å². The molecule has 1 heterocycles. The number of benzene rings is 1. The minimum absolute atomic E-state index is 0.00689. The van der Waals surface area contributed by atoms with Crippen LogP contribution in [0.3, 0.4) is 0 Å². The lowest BCUT2D eigenvalue weighted by atomic mass is 10.0. The molecule has 0 radical (unpaired) electrons. The molecule has 31 heavy (non-hydrogen) atoms. The highest BCUT2D eigenvalue weighted by Gasteiger charge is 2.34. The highest BCUT2D eigenvalue weighted by Crippen LogP contribution is 2.37. The van der Waals surface area contributed by atoms with Gasteiger partial charge in [-0.15, -0.1) is 0 Å². The molecule has 0 aliphatic heterocycles. The first-order valence-electron chi connectivity index (χ1n) is 10.5. The molecule has 2 aromatic rings. The maximum atomic E-state index is 13.3. The van der Waals surface area contributed by atoms with Gasteiger partial charge >= 0.3 is 11.8 Å². The number of halogens is 3. The number of carbonyl (C=O) groups is 1. The average molecular weight is 442 g/mol. The van der Waals surface area contributed by atoms with Gasteiger partial charge in [0.25, 0.3) is 0 Å². The molecule has 0 spiro atoms. The van der Waals surface area contributed by atoms with Gasteiger partial charge in [0.15, 0.2) is 0 Å². The Morgan fingerprint density at radius 3 is 2.55 bits per heavy atom. The van der Waals surface area contributed by atoms with Crippen LogP contribution in [0.4, 0.5) is 13.2 Å². The summed E-state index contributed by atoms with van der Waals surface area (Å²) in [6, 6.07) is 3.30. The van der Waals surface area contributed by atoms with Crippen LogP contribution in [0.2, 0.25) is 0 Å². The molecule has 1 aromatic heterocycles. The first-order valence-corrected chi connectivity index (χ1v) is 10.5. The van der Waals surface area contributed by atoms with Crippen LogP contribution >= 0.6 is 0 Å². The van der Waals surface area contributed by atoms with E-state index < -0.39 is 17.4 Å². The lowest BCUT2D eigenvalue weighted by Crippen LogP contribution is -2.30. The fraction of sp³-hybridized carbons (Fsp3) is 0.545.